The second-order valence-electron chi connectivity index (χ2n) is 3.46. The van der Waals surface area contributed by atoms with Gasteiger partial charge in [0, 0.05) is 15.1 Å². The molecule has 1 nitrogen and oxygen atoms in total. The van der Waals surface area contributed by atoms with Gasteiger partial charge in [0.05, 0.1) is 5.56 Å². The fourth-order valence-electron chi connectivity index (χ4n) is 1.43. The molecule has 0 saturated heterocycles. The molecular formula is C13H7BrClFO. The summed E-state index contributed by atoms with van der Waals surface area (Å²) in [6, 6.07) is 10.7. The summed E-state index contributed by atoms with van der Waals surface area (Å²) >= 11 is 9.02. The molecule has 0 radical (unpaired) electrons. The Labute approximate surface area is 111 Å². The Morgan fingerprint density at radius 2 is 1.76 bits per heavy atom. The van der Waals surface area contributed by atoms with E-state index in [-0.39, 0.29) is 11.3 Å². The van der Waals surface area contributed by atoms with Crippen molar-refractivity contribution in [1.29, 1.82) is 0 Å². The monoisotopic (exact) mass is 312 g/mol. The average Bonchev–Trinajstić information content (AvgIpc) is 2.32. The predicted molar refractivity (Wildman–Crippen MR) is 69.0 cm³/mol. The molecule has 17 heavy (non-hydrogen) atoms. The molecule has 0 amide bonds. The van der Waals surface area contributed by atoms with E-state index in [9.17, 15) is 9.18 Å². The van der Waals surface area contributed by atoms with Gasteiger partial charge in [-0.2, -0.15) is 0 Å². The molecule has 0 aliphatic heterocycles. The van der Waals surface area contributed by atoms with Gasteiger partial charge >= 0.3 is 0 Å². The maximum Gasteiger partial charge on any atom is 0.196 e. The third-order valence-electron chi connectivity index (χ3n) is 2.28. The first-order valence-electron chi connectivity index (χ1n) is 4.83. The topological polar surface area (TPSA) is 17.1 Å². The van der Waals surface area contributed by atoms with E-state index >= 15 is 0 Å². The molecule has 0 saturated carbocycles. The number of carbonyl (C=O) groups excluding carboxylic acids is 1. The van der Waals surface area contributed by atoms with E-state index in [4.69, 9.17) is 11.6 Å². The first kappa shape index (κ1) is 12.3. The fourth-order valence-corrected chi connectivity index (χ4v) is 1.86. The molecule has 0 atom stereocenters. The highest BCUT2D eigenvalue weighted by atomic mass is 79.9. The molecule has 0 heterocycles. The van der Waals surface area contributed by atoms with Gasteiger partial charge in [0.1, 0.15) is 5.82 Å². The van der Waals surface area contributed by atoms with Crippen molar-refractivity contribution in [3.05, 3.63) is 68.9 Å². The zero-order chi connectivity index (χ0) is 12.4. The minimum absolute atomic E-state index is 0.0141. The number of carbonyl (C=O) groups is 1. The van der Waals surface area contributed by atoms with E-state index in [1.807, 2.05) is 0 Å². The van der Waals surface area contributed by atoms with Crippen LogP contribution in [0.15, 0.2) is 46.9 Å². The molecule has 0 fully saturated rings. The number of hydrogen-bond donors (Lipinski definition) is 0. The predicted octanol–water partition coefficient (Wildman–Crippen LogP) is 4.47. The highest BCUT2D eigenvalue weighted by Gasteiger charge is 2.14. The van der Waals surface area contributed by atoms with Crippen LogP contribution in [0, 0.1) is 5.82 Å². The van der Waals surface area contributed by atoms with Crippen molar-refractivity contribution in [3.8, 4) is 0 Å². The van der Waals surface area contributed by atoms with Crippen LogP contribution in [0.2, 0.25) is 5.02 Å². The van der Waals surface area contributed by atoms with Crippen LogP contribution in [-0.4, -0.2) is 5.78 Å². The maximum absolute atomic E-state index is 13.5. The lowest BCUT2D eigenvalue weighted by Crippen LogP contribution is -2.04. The van der Waals surface area contributed by atoms with E-state index in [1.54, 1.807) is 24.3 Å². The largest absolute Gasteiger partial charge is 0.288 e. The van der Waals surface area contributed by atoms with Gasteiger partial charge in [-0.25, -0.2) is 4.39 Å². The van der Waals surface area contributed by atoms with Crippen LogP contribution in [0.3, 0.4) is 0 Å². The van der Waals surface area contributed by atoms with E-state index in [0.717, 1.165) is 4.47 Å². The molecule has 0 aromatic heterocycles. The van der Waals surface area contributed by atoms with E-state index in [0.29, 0.717) is 10.6 Å². The van der Waals surface area contributed by atoms with Crippen LogP contribution in [0.4, 0.5) is 4.39 Å². The van der Waals surface area contributed by atoms with Crippen molar-refractivity contribution < 1.29 is 9.18 Å². The average molecular weight is 314 g/mol. The van der Waals surface area contributed by atoms with Crippen molar-refractivity contribution in [1.82, 2.24) is 0 Å². The summed E-state index contributed by atoms with van der Waals surface area (Å²) in [5.74, 6) is -0.945. The molecule has 4 heteroatoms. The van der Waals surface area contributed by atoms with Crippen LogP contribution >= 0.6 is 27.5 Å². The zero-order valence-electron chi connectivity index (χ0n) is 8.58. The van der Waals surface area contributed by atoms with Gasteiger partial charge in [-0.05, 0) is 42.5 Å². The molecule has 0 unspecified atom stereocenters. The molecule has 0 aliphatic carbocycles. The Balaban J connectivity index is 2.43. The quantitative estimate of drug-likeness (QED) is 0.748. The van der Waals surface area contributed by atoms with Gasteiger partial charge in [-0.15, -0.1) is 0 Å². The SMILES string of the molecule is O=C(c1ccc(Br)cc1)c1cc(Cl)ccc1F. The Morgan fingerprint density at radius 1 is 1.12 bits per heavy atom. The number of benzene rings is 2. The third kappa shape index (κ3) is 2.73. The Kier molecular flexibility index (Phi) is 3.60. The van der Waals surface area contributed by atoms with Gasteiger partial charge in [-0.3, -0.25) is 4.79 Å². The van der Waals surface area contributed by atoms with Gasteiger partial charge in [0.15, 0.2) is 5.78 Å². The highest BCUT2D eigenvalue weighted by Crippen LogP contribution is 2.19. The molecule has 86 valence electrons. The van der Waals surface area contributed by atoms with E-state index in [2.05, 4.69) is 15.9 Å². The summed E-state index contributed by atoms with van der Waals surface area (Å²) in [5, 5.41) is 0.340. The van der Waals surface area contributed by atoms with Crippen LogP contribution in [0.25, 0.3) is 0 Å². The first-order valence-corrected chi connectivity index (χ1v) is 6.00. The van der Waals surface area contributed by atoms with Gasteiger partial charge in [0.2, 0.25) is 0 Å². The van der Waals surface area contributed by atoms with Crippen molar-refractivity contribution >= 4 is 33.3 Å². The van der Waals surface area contributed by atoms with Crippen LogP contribution in [0.1, 0.15) is 15.9 Å². The molecular weight excluding hydrogens is 306 g/mol. The summed E-state index contributed by atoms with van der Waals surface area (Å²) in [6.07, 6.45) is 0. The minimum Gasteiger partial charge on any atom is -0.288 e. The summed E-state index contributed by atoms with van der Waals surface area (Å²) in [7, 11) is 0. The van der Waals surface area contributed by atoms with Gasteiger partial charge < -0.3 is 0 Å². The zero-order valence-corrected chi connectivity index (χ0v) is 10.9. The number of halogens is 3. The Hall–Kier alpha value is -1.19. The smallest absolute Gasteiger partial charge is 0.196 e. The van der Waals surface area contributed by atoms with Crippen molar-refractivity contribution in [2.75, 3.05) is 0 Å². The van der Waals surface area contributed by atoms with E-state index < -0.39 is 5.82 Å². The molecule has 0 aliphatic rings. The minimum atomic E-state index is -0.567. The standard InChI is InChI=1S/C13H7BrClFO/c14-9-3-1-8(2-4-9)13(17)11-7-10(15)5-6-12(11)16/h1-7H. The molecule has 0 N–H and O–H groups in total. The van der Waals surface area contributed by atoms with Crippen molar-refractivity contribution in [3.63, 3.8) is 0 Å². The van der Waals surface area contributed by atoms with Crippen molar-refractivity contribution in [2.24, 2.45) is 0 Å². The molecule has 2 aromatic carbocycles. The second-order valence-corrected chi connectivity index (χ2v) is 4.81. The van der Waals surface area contributed by atoms with Gasteiger partial charge in [0.25, 0.3) is 0 Å². The lowest BCUT2D eigenvalue weighted by Gasteiger charge is -2.03. The lowest BCUT2D eigenvalue weighted by molar-refractivity contribution is 0.103. The first-order chi connectivity index (χ1) is 8.08. The van der Waals surface area contributed by atoms with Crippen LogP contribution in [0.5, 0.6) is 0 Å². The van der Waals surface area contributed by atoms with Gasteiger partial charge in [-0.1, -0.05) is 27.5 Å². The van der Waals surface area contributed by atoms with Crippen molar-refractivity contribution in [2.45, 2.75) is 0 Å². The van der Waals surface area contributed by atoms with E-state index in [1.165, 1.54) is 18.2 Å². The second kappa shape index (κ2) is 4.98. The summed E-state index contributed by atoms with van der Waals surface area (Å²) in [6.45, 7) is 0. The summed E-state index contributed by atoms with van der Waals surface area (Å²) < 4.78 is 14.4. The highest BCUT2D eigenvalue weighted by molar-refractivity contribution is 9.10. The summed E-state index contributed by atoms with van der Waals surface area (Å²) in [4.78, 5) is 12.0. The fraction of sp³-hybridized carbons (Fsp3) is 0. The number of ketones is 1. The normalized spacial score (nSPS) is 10.3. The van der Waals surface area contributed by atoms with Crippen LogP contribution in [-0.2, 0) is 0 Å². The molecule has 0 spiro atoms. The van der Waals surface area contributed by atoms with Crippen LogP contribution < -0.4 is 0 Å². The number of rotatable bonds is 2. The third-order valence-corrected chi connectivity index (χ3v) is 3.04. The lowest BCUT2D eigenvalue weighted by atomic mass is 10.0. The molecule has 0 bridgehead atoms. The molecule has 2 aromatic rings. The Bertz CT molecular complexity index is 566. The number of hydrogen-bond acceptors (Lipinski definition) is 1. The maximum atomic E-state index is 13.5. The molecule has 2 rings (SSSR count). The summed E-state index contributed by atoms with van der Waals surface area (Å²) in [5.41, 5.74) is 0.411. The Morgan fingerprint density at radius 3 is 2.41 bits per heavy atom.